The van der Waals surface area contributed by atoms with E-state index in [0.717, 1.165) is 26.0 Å². The summed E-state index contributed by atoms with van der Waals surface area (Å²) in [6.45, 7) is 6.23. The maximum Gasteiger partial charge on any atom is 0.0897 e. The molecule has 0 aromatic rings. The van der Waals surface area contributed by atoms with Crippen molar-refractivity contribution < 1.29 is 14.6 Å². The number of nitrogens with one attached hydrogen (secondary N) is 1. The molecule has 98 valence electrons. The molecular weight excluding hydrogens is 208 g/mol. The van der Waals surface area contributed by atoms with Gasteiger partial charge in [0.25, 0.3) is 0 Å². The standard InChI is InChI=1S/C11H26N2O3/c1-2-3-6-15-7-8-16-10-11(14)9-13-5-4-12/h11,13-14H,2-10,12H2,1H3. The zero-order chi connectivity index (χ0) is 12.1. The monoisotopic (exact) mass is 234 g/mol. The van der Waals surface area contributed by atoms with Gasteiger partial charge in [-0.15, -0.1) is 0 Å². The summed E-state index contributed by atoms with van der Waals surface area (Å²) in [7, 11) is 0. The maximum absolute atomic E-state index is 9.45. The first-order chi connectivity index (χ1) is 7.81. The molecule has 1 atom stereocenters. The van der Waals surface area contributed by atoms with E-state index in [1.54, 1.807) is 0 Å². The van der Waals surface area contributed by atoms with Crippen LogP contribution in [0.2, 0.25) is 0 Å². The van der Waals surface area contributed by atoms with Gasteiger partial charge in [0.2, 0.25) is 0 Å². The predicted molar refractivity (Wildman–Crippen MR) is 64.5 cm³/mol. The minimum absolute atomic E-state index is 0.342. The largest absolute Gasteiger partial charge is 0.389 e. The van der Waals surface area contributed by atoms with Gasteiger partial charge < -0.3 is 25.6 Å². The van der Waals surface area contributed by atoms with Crippen molar-refractivity contribution >= 4 is 0 Å². The molecule has 0 heterocycles. The summed E-state index contributed by atoms with van der Waals surface area (Å²) in [5, 5.41) is 12.5. The normalized spacial score (nSPS) is 12.9. The van der Waals surface area contributed by atoms with E-state index in [0.29, 0.717) is 32.9 Å². The van der Waals surface area contributed by atoms with E-state index in [1.165, 1.54) is 0 Å². The number of rotatable bonds is 12. The van der Waals surface area contributed by atoms with Crippen LogP contribution in [-0.2, 0) is 9.47 Å². The van der Waals surface area contributed by atoms with Crippen LogP contribution < -0.4 is 11.1 Å². The molecule has 0 spiro atoms. The molecule has 0 aliphatic heterocycles. The Hall–Kier alpha value is -0.200. The third-order valence-corrected chi connectivity index (χ3v) is 2.03. The van der Waals surface area contributed by atoms with Crippen molar-refractivity contribution in [2.45, 2.75) is 25.9 Å². The van der Waals surface area contributed by atoms with Crippen LogP contribution in [0.4, 0.5) is 0 Å². The van der Waals surface area contributed by atoms with E-state index in [-0.39, 0.29) is 0 Å². The number of hydrogen-bond acceptors (Lipinski definition) is 5. The van der Waals surface area contributed by atoms with Crippen LogP contribution in [0.3, 0.4) is 0 Å². The Kier molecular flexibility index (Phi) is 12.7. The zero-order valence-corrected chi connectivity index (χ0v) is 10.3. The Morgan fingerprint density at radius 2 is 2.00 bits per heavy atom. The number of aliphatic hydroxyl groups excluding tert-OH is 1. The minimum Gasteiger partial charge on any atom is -0.389 e. The average molecular weight is 234 g/mol. The molecular formula is C11H26N2O3. The van der Waals surface area contributed by atoms with E-state index >= 15 is 0 Å². The Morgan fingerprint density at radius 3 is 2.69 bits per heavy atom. The van der Waals surface area contributed by atoms with Crippen LogP contribution in [0, 0.1) is 0 Å². The van der Waals surface area contributed by atoms with Gasteiger partial charge in [0, 0.05) is 26.2 Å². The minimum atomic E-state index is -0.470. The van der Waals surface area contributed by atoms with E-state index in [4.69, 9.17) is 15.2 Å². The van der Waals surface area contributed by atoms with Gasteiger partial charge in [-0.25, -0.2) is 0 Å². The quantitative estimate of drug-likeness (QED) is 0.405. The maximum atomic E-state index is 9.45. The first-order valence-corrected chi connectivity index (χ1v) is 6.05. The third kappa shape index (κ3) is 11.9. The topological polar surface area (TPSA) is 76.7 Å². The SMILES string of the molecule is CCCCOCCOCC(O)CNCCN. The van der Waals surface area contributed by atoms with Crippen LogP contribution in [-0.4, -0.2) is 57.3 Å². The fraction of sp³-hybridized carbons (Fsp3) is 1.00. The van der Waals surface area contributed by atoms with E-state index < -0.39 is 6.10 Å². The second kappa shape index (κ2) is 12.9. The zero-order valence-electron chi connectivity index (χ0n) is 10.3. The van der Waals surface area contributed by atoms with Crippen molar-refractivity contribution in [3.05, 3.63) is 0 Å². The summed E-state index contributed by atoms with van der Waals surface area (Å²) in [5.74, 6) is 0. The van der Waals surface area contributed by atoms with Crippen molar-refractivity contribution in [2.75, 3.05) is 46.1 Å². The highest BCUT2D eigenvalue weighted by Gasteiger charge is 2.02. The smallest absolute Gasteiger partial charge is 0.0897 e. The van der Waals surface area contributed by atoms with Gasteiger partial charge in [-0.1, -0.05) is 13.3 Å². The summed E-state index contributed by atoms with van der Waals surface area (Å²) >= 11 is 0. The van der Waals surface area contributed by atoms with Gasteiger partial charge in [-0.2, -0.15) is 0 Å². The Balaban J connectivity index is 3.06. The number of nitrogens with two attached hydrogens (primary N) is 1. The summed E-state index contributed by atoms with van der Waals surface area (Å²) in [6.07, 6.45) is 1.76. The summed E-state index contributed by atoms with van der Waals surface area (Å²) in [5.41, 5.74) is 5.30. The highest BCUT2D eigenvalue weighted by atomic mass is 16.5. The lowest BCUT2D eigenvalue weighted by Crippen LogP contribution is -2.33. The summed E-state index contributed by atoms with van der Waals surface area (Å²) < 4.78 is 10.6. The summed E-state index contributed by atoms with van der Waals surface area (Å²) in [4.78, 5) is 0. The van der Waals surface area contributed by atoms with E-state index in [9.17, 15) is 5.11 Å². The second-order valence-corrected chi connectivity index (χ2v) is 3.69. The second-order valence-electron chi connectivity index (χ2n) is 3.69. The lowest BCUT2D eigenvalue weighted by molar-refractivity contribution is 0.00405. The first kappa shape index (κ1) is 15.8. The Morgan fingerprint density at radius 1 is 1.25 bits per heavy atom. The molecule has 0 aliphatic carbocycles. The lowest BCUT2D eigenvalue weighted by atomic mass is 10.4. The van der Waals surface area contributed by atoms with Gasteiger partial charge in [0.1, 0.15) is 0 Å². The van der Waals surface area contributed by atoms with E-state index in [1.807, 2.05) is 0 Å². The van der Waals surface area contributed by atoms with Crippen LogP contribution >= 0.6 is 0 Å². The fourth-order valence-corrected chi connectivity index (χ4v) is 1.12. The van der Waals surface area contributed by atoms with Gasteiger partial charge >= 0.3 is 0 Å². The molecule has 0 aliphatic rings. The molecule has 0 aromatic carbocycles. The number of aliphatic hydroxyl groups is 1. The lowest BCUT2D eigenvalue weighted by Gasteiger charge is -2.12. The van der Waals surface area contributed by atoms with Crippen molar-refractivity contribution in [2.24, 2.45) is 5.73 Å². The molecule has 0 amide bonds. The molecule has 5 heteroatoms. The molecule has 0 aromatic heterocycles. The Bertz CT molecular complexity index is 136. The highest BCUT2D eigenvalue weighted by Crippen LogP contribution is 1.89. The van der Waals surface area contributed by atoms with Crippen molar-refractivity contribution in [1.29, 1.82) is 0 Å². The van der Waals surface area contributed by atoms with Crippen LogP contribution in [0.15, 0.2) is 0 Å². The summed E-state index contributed by atoms with van der Waals surface area (Å²) in [6, 6.07) is 0. The molecule has 0 fully saturated rings. The van der Waals surface area contributed by atoms with Crippen molar-refractivity contribution in [1.82, 2.24) is 5.32 Å². The van der Waals surface area contributed by atoms with Crippen LogP contribution in [0.5, 0.6) is 0 Å². The molecule has 1 unspecified atom stereocenters. The molecule has 0 bridgehead atoms. The molecule has 4 N–H and O–H groups in total. The predicted octanol–water partition coefficient (Wildman–Crippen LogP) is -0.271. The fourth-order valence-electron chi connectivity index (χ4n) is 1.12. The van der Waals surface area contributed by atoms with Gasteiger partial charge in [-0.05, 0) is 6.42 Å². The van der Waals surface area contributed by atoms with Crippen molar-refractivity contribution in [3.63, 3.8) is 0 Å². The first-order valence-electron chi connectivity index (χ1n) is 6.05. The highest BCUT2D eigenvalue weighted by molar-refractivity contribution is 4.58. The van der Waals surface area contributed by atoms with E-state index in [2.05, 4.69) is 12.2 Å². The molecule has 16 heavy (non-hydrogen) atoms. The van der Waals surface area contributed by atoms with Gasteiger partial charge in [-0.3, -0.25) is 0 Å². The van der Waals surface area contributed by atoms with Crippen molar-refractivity contribution in [3.8, 4) is 0 Å². The van der Waals surface area contributed by atoms with Crippen LogP contribution in [0.25, 0.3) is 0 Å². The number of hydrogen-bond donors (Lipinski definition) is 3. The molecule has 0 saturated carbocycles. The van der Waals surface area contributed by atoms with Crippen LogP contribution in [0.1, 0.15) is 19.8 Å². The average Bonchev–Trinajstić information content (AvgIpc) is 2.28. The number of unbranched alkanes of at least 4 members (excludes halogenated alkanes) is 1. The Labute approximate surface area is 98.3 Å². The molecule has 0 saturated heterocycles. The van der Waals surface area contributed by atoms with Gasteiger partial charge in [0.05, 0.1) is 25.9 Å². The third-order valence-electron chi connectivity index (χ3n) is 2.03. The molecule has 0 rings (SSSR count). The molecule has 0 radical (unpaired) electrons. The molecule has 5 nitrogen and oxygen atoms in total. The van der Waals surface area contributed by atoms with Gasteiger partial charge in [0.15, 0.2) is 0 Å². The number of ether oxygens (including phenoxy) is 2.